The van der Waals surface area contributed by atoms with E-state index in [0.717, 1.165) is 24.3 Å². The van der Waals surface area contributed by atoms with Crippen molar-refractivity contribution in [3.63, 3.8) is 0 Å². The number of hydrogen-bond acceptors (Lipinski definition) is 4. The van der Waals surface area contributed by atoms with E-state index >= 15 is 0 Å². The van der Waals surface area contributed by atoms with Gasteiger partial charge in [0.05, 0.1) is 18.0 Å². The summed E-state index contributed by atoms with van der Waals surface area (Å²) in [5.41, 5.74) is 0.0232. The highest BCUT2D eigenvalue weighted by Crippen LogP contribution is 2.13. The first-order chi connectivity index (χ1) is 13.2. The summed E-state index contributed by atoms with van der Waals surface area (Å²) < 4.78 is 52.2. The first kappa shape index (κ1) is 21.0. The highest BCUT2D eigenvalue weighted by molar-refractivity contribution is 7.89. The molecule has 2 aromatic carbocycles. The van der Waals surface area contributed by atoms with Gasteiger partial charge in [0.2, 0.25) is 15.9 Å². The van der Waals surface area contributed by atoms with Crippen LogP contribution in [0.3, 0.4) is 0 Å². The Labute approximate surface area is 160 Å². The second-order valence-corrected chi connectivity index (χ2v) is 7.18. The van der Waals surface area contributed by atoms with Crippen LogP contribution < -0.4 is 15.4 Å². The van der Waals surface area contributed by atoms with Crippen LogP contribution in [0.2, 0.25) is 0 Å². The number of carbonyl (C=O) groups is 2. The van der Waals surface area contributed by atoms with Crippen molar-refractivity contribution in [1.29, 1.82) is 0 Å². The lowest BCUT2D eigenvalue weighted by atomic mass is 10.2. The molecular formula is C18H15F2N3O4S. The molecule has 10 heteroatoms. The van der Waals surface area contributed by atoms with Crippen molar-refractivity contribution >= 4 is 27.5 Å². The molecule has 0 unspecified atom stereocenters. The Kier molecular flexibility index (Phi) is 6.81. The van der Waals surface area contributed by atoms with Crippen LogP contribution in [0.15, 0.2) is 47.4 Å². The predicted octanol–water partition coefficient (Wildman–Crippen LogP) is 1.24. The number of hydrogen-bond donors (Lipinski definition) is 3. The molecule has 28 heavy (non-hydrogen) atoms. The minimum absolute atomic E-state index is 0.00390. The van der Waals surface area contributed by atoms with E-state index in [9.17, 15) is 26.8 Å². The van der Waals surface area contributed by atoms with Crippen molar-refractivity contribution in [2.45, 2.75) is 4.90 Å². The quantitative estimate of drug-likeness (QED) is 0.601. The second kappa shape index (κ2) is 9.07. The minimum atomic E-state index is -3.88. The number of amides is 2. The zero-order chi connectivity index (χ0) is 20.7. The number of carbonyl (C=O) groups excluding carboxylic acids is 2. The summed E-state index contributed by atoms with van der Waals surface area (Å²) in [7, 11) is -3.88. The lowest BCUT2D eigenvalue weighted by Gasteiger charge is -2.09. The van der Waals surface area contributed by atoms with E-state index in [2.05, 4.69) is 21.3 Å². The highest BCUT2D eigenvalue weighted by atomic mass is 32.2. The van der Waals surface area contributed by atoms with E-state index in [4.69, 9.17) is 6.42 Å². The third kappa shape index (κ3) is 5.60. The average molecular weight is 407 g/mol. The third-order valence-corrected chi connectivity index (χ3v) is 4.78. The first-order valence-corrected chi connectivity index (χ1v) is 9.27. The Morgan fingerprint density at radius 3 is 2.50 bits per heavy atom. The second-order valence-electron chi connectivity index (χ2n) is 5.42. The van der Waals surface area contributed by atoms with Gasteiger partial charge in [-0.3, -0.25) is 9.59 Å². The van der Waals surface area contributed by atoms with Crippen LogP contribution in [0, 0.1) is 24.0 Å². The van der Waals surface area contributed by atoms with Gasteiger partial charge >= 0.3 is 0 Å². The standard InChI is InChI=1S/C18H15F2N3O4S/c1-2-8-22-28(26,27)14-5-3-4-12(9-14)18(25)21-11-17(24)23-13-6-7-15(19)16(20)10-13/h1,3-7,9-10,22H,8,11H2,(H,21,25)(H,23,24). The summed E-state index contributed by atoms with van der Waals surface area (Å²) in [4.78, 5) is 23.8. The molecule has 0 aliphatic rings. The average Bonchev–Trinajstić information content (AvgIpc) is 2.67. The molecule has 0 saturated carbocycles. The normalized spacial score (nSPS) is 10.8. The van der Waals surface area contributed by atoms with Gasteiger partial charge in [-0.25, -0.2) is 17.2 Å². The van der Waals surface area contributed by atoms with Crippen molar-refractivity contribution in [3.8, 4) is 12.3 Å². The van der Waals surface area contributed by atoms with Crippen LogP contribution in [0.25, 0.3) is 0 Å². The Hall–Kier alpha value is -3.29. The maximum Gasteiger partial charge on any atom is 0.251 e. The number of nitrogens with one attached hydrogen (secondary N) is 3. The van der Waals surface area contributed by atoms with Gasteiger partial charge in [0.1, 0.15) is 0 Å². The molecule has 0 atom stereocenters. The molecule has 0 spiro atoms. The summed E-state index contributed by atoms with van der Waals surface area (Å²) in [5.74, 6) is -1.43. The summed E-state index contributed by atoms with van der Waals surface area (Å²) in [6.45, 7) is -0.674. The van der Waals surface area contributed by atoms with E-state index in [1.165, 1.54) is 18.2 Å². The molecule has 0 aliphatic carbocycles. The molecule has 7 nitrogen and oxygen atoms in total. The third-order valence-electron chi connectivity index (χ3n) is 3.38. The van der Waals surface area contributed by atoms with Gasteiger partial charge in [-0.15, -0.1) is 6.42 Å². The van der Waals surface area contributed by atoms with Gasteiger partial charge < -0.3 is 10.6 Å². The van der Waals surface area contributed by atoms with Crippen molar-refractivity contribution in [2.24, 2.45) is 0 Å². The predicted molar refractivity (Wildman–Crippen MR) is 97.8 cm³/mol. The number of anilines is 1. The molecule has 0 aliphatic heterocycles. The fraction of sp³-hybridized carbons (Fsp3) is 0.111. The Morgan fingerprint density at radius 1 is 1.07 bits per heavy atom. The van der Waals surface area contributed by atoms with Crippen molar-refractivity contribution in [2.75, 3.05) is 18.4 Å². The number of sulfonamides is 1. The van der Waals surface area contributed by atoms with E-state index in [1.54, 1.807) is 0 Å². The Balaban J connectivity index is 1.99. The van der Waals surface area contributed by atoms with Crippen molar-refractivity contribution < 1.29 is 26.8 Å². The Morgan fingerprint density at radius 2 is 1.82 bits per heavy atom. The molecule has 3 N–H and O–H groups in total. The lowest BCUT2D eigenvalue weighted by Crippen LogP contribution is -2.33. The van der Waals surface area contributed by atoms with E-state index < -0.39 is 40.0 Å². The van der Waals surface area contributed by atoms with Crippen LogP contribution in [-0.4, -0.2) is 33.3 Å². The molecule has 0 heterocycles. The maximum absolute atomic E-state index is 13.1. The number of benzene rings is 2. The van der Waals surface area contributed by atoms with Gasteiger partial charge in [-0.1, -0.05) is 12.0 Å². The summed E-state index contributed by atoms with van der Waals surface area (Å²) >= 11 is 0. The van der Waals surface area contributed by atoms with Crippen molar-refractivity contribution in [3.05, 3.63) is 59.7 Å². The largest absolute Gasteiger partial charge is 0.343 e. The number of rotatable bonds is 7. The van der Waals surface area contributed by atoms with Crippen LogP contribution >= 0.6 is 0 Å². The molecular weight excluding hydrogens is 392 g/mol. The minimum Gasteiger partial charge on any atom is -0.343 e. The zero-order valence-electron chi connectivity index (χ0n) is 14.3. The van der Waals surface area contributed by atoms with Crippen LogP contribution in [-0.2, 0) is 14.8 Å². The van der Waals surface area contributed by atoms with Crippen LogP contribution in [0.5, 0.6) is 0 Å². The zero-order valence-corrected chi connectivity index (χ0v) is 15.1. The molecule has 2 rings (SSSR count). The molecule has 0 bridgehead atoms. The number of halogens is 2. The van der Waals surface area contributed by atoms with Gasteiger partial charge in [-0.05, 0) is 30.3 Å². The molecule has 0 fully saturated rings. The van der Waals surface area contributed by atoms with E-state index in [0.29, 0.717) is 0 Å². The molecule has 0 aromatic heterocycles. The van der Waals surface area contributed by atoms with Crippen molar-refractivity contribution in [1.82, 2.24) is 10.0 Å². The smallest absolute Gasteiger partial charge is 0.251 e. The van der Waals surface area contributed by atoms with E-state index in [-0.39, 0.29) is 22.7 Å². The molecule has 0 radical (unpaired) electrons. The molecule has 2 aromatic rings. The molecule has 146 valence electrons. The van der Waals surface area contributed by atoms with Gasteiger partial charge in [0.25, 0.3) is 5.91 Å². The van der Waals surface area contributed by atoms with Crippen LogP contribution in [0.4, 0.5) is 14.5 Å². The topological polar surface area (TPSA) is 104 Å². The van der Waals surface area contributed by atoms with Gasteiger partial charge in [0.15, 0.2) is 11.6 Å². The fourth-order valence-electron chi connectivity index (χ4n) is 2.07. The highest BCUT2D eigenvalue weighted by Gasteiger charge is 2.16. The van der Waals surface area contributed by atoms with Gasteiger partial charge in [0, 0.05) is 17.3 Å². The Bertz CT molecular complexity index is 1050. The monoisotopic (exact) mass is 407 g/mol. The summed E-state index contributed by atoms with van der Waals surface area (Å²) in [6, 6.07) is 7.95. The SMILES string of the molecule is C#CCNS(=O)(=O)c1cccc(C(=O)NCC(=O)Nc2ccc(F)c(F)c2)c1. The molecule has 0 saturated heterocycles. The van der Waals surface area contributed by atoms with Gasteiger partial charge in [-0.2, -0.15) is 4.72 Å². The van der Waals surface area contributed by atoms with Crippen LogP contribution in [0.1, 0.15) is 10.4 Å². The fourth-order valence-corrected chi connectivity index (χ4v) is 3.05. The maximum atomic E-state index is 13.1. The van der Waals surface area contributed by atoms with E-state index in [1.807, 2.05) is 0 Å². The first-order valence-electron chi connectivity index (χ1n) is 7.79. The summed E-state index contributed by atoms with van der Waals surface area (Å²) in [6.07, 6.45) is 5.01. The summed E-state index contributed by atoms with van der Waals surface area (Å²) in [5, 5.41) is 4.59. The molecule has 2 amide bonds. The number of terminal acetylenes is 1. The lowest BCUT2D eigenvalue weighted by molar-refractivity contribution is -0.115.